The standard InChI is InChI=1S/C24H16N4O8/c1-35-24(30)19-4-2-3-5-20(19)26-23(29)16(14-25)12-15-6-9-18(10-7-15)36-22-11-8-17(27(31)32)13-21(22)28(33)34/h2-13H,1H3,(H,26,29)/b16-12+. The van der Waals surface area contributed by atoms with Crippen LogP contribution in [-0.2, 0) is 9.53 Å². The molecule has 0 bridgehead atoms. The lowest BCUT2D eigenvalue weighted by atomic mass is 10.1. The highest BCUT2D eigenvalue weighted by atomic mass is 16.6. The molecule has 36 heavy (non-hydrogen) atoms. The van der Waals surface area contributed by atoms with Gasteiger partial charge in [-0.15, -0.1) is 0 Å². The first-order valence-electron chi connectivity index (χ1n) is 10.0. The fourth-order valence-corrected chi connectivity index (χ4v) is 2.99. The van der Waals surface area contributed by atoms with E-state index >= 15 is 0 Å². The van der Waals surface area contributed by atoms with Gasteiger partial charge in [0.05, 0.1) is 34.3 Å². The van der Waals surface area contributed by atoms with Gasteiger partial charge in [-0.25, -0.2) is 4.79 Å². The predicted octanol–water partition coefficient (Wildman–Crippen LogP) is 4.63. The normalized spacial score (nSPS) is 10.6. The fraction of sp³-hybridized carbons (Fsp3) is 0.0417. The van der Waals surface area contributed by atoms with Gasteiger partial charge in [0.1, 0.15) is 17.4 Å². The molecule has 0 aromatic heterocycles. The van der Waals surface area contributed by atoms with Gasteiger partial charge in [0.25, 0.3) is 11.6 Å². The Labute approximate surface area is 203 Å². The molecule has 0 heterocycles. The summed E-state index contributed by atoms with van der Waals surface area (Å²) < 4.78 is 10.2. The SMILES string of the molecule is COC(=O)c1ccccc1NC(=O)/C(C#N)=C/c1ccc(Oc2ccc([N+](=O)[O-])cc2[N+](=O)[O-])cc1. The Morgan fingerprint density at radius 3 is 2.31 bits per heavy atom. The van der Waals surface area contributed by atoms with E-state index < -0.39 is 33.1 Å². The maximum atomic E-state index is 12.6. The number of nitro benzene ring substituents is 2. The first kappa shape index (κ1) is 25.1. The molecule has 0 aliphatic carbocycles. The minimum absolute atomic E-state index is 0.118. The van der Waals surface area contributed by atoms with Crippen LogP contribution in [0.4, 0.5) is 17.1 Å². The topological polar surface area (TPSA) is 175 Å². The molecule has 1 N–H and O–H groups in total. The van der Waals surface area contributed by atoms with Crippen LogP contribution in [0.15, 0.2) is 72.3 Å². The maximum absolute atomic E-state index is 12.6. The van der Waals surface area contributed by atoms with Crippen LogP contribution in [0.25, 0.3) is 6.08 Å². The summed E-state index contributed by atoms with van der Waals surface area (Å²) >= 11 is 0. The molecule has 0 unspecified atom stereocenters. The number of amides is 1. The molecule has 0 spiro atoms. The average Bonchev–Trinajstić information content (AvgIpc) is 2.87. The van der Waals surface area contributed by atoms with E-state index in [0.717, 1.165) is 18.2 Å². The largest absolute Gasteiger partial charge is 0.465 e. The van der Waals surface area contributed by atoms with Gasteiger partial charge in [0.15, 0.2) is 0 Å². The monoisotopic (exact) mass is 488 g/mol. The molecular formula is C24H16N4O8. The molecule has 12 heteroatoms. The Kier molecular flexibility index (Phi) is 7.68. The Balaban J connectivity index is 1.79. The number of carbonyl (C=O) groups is 2. The van der Waals surface area contributed by atoms with Gasteiger partial charge in [-0.3, -0.25) is 25.0 Å². The second-order valence-electron chi connectivity index (χ2n) is 7.00. The fourth-order valence-electron chi connectivity index (χ4n) is 2.99. The lowest BCUT2D eigenvalue weighted by Crippen LogP contribution is -2.16. The number of nitro groups is 2. The third-order valence-corrected chi connectivity index (χ3v) is 4.71. The minimum atomic E-state index is -0.796. The van der Waals surface area contributed by atoms with E-state index in [1.54, 1.807) is 18.2 Å². The van der Waals surface area contributed by atoms with Crippen molar-refractivity contribution in [3.05, 3.63) is 104 Å². The van der Waals surface area contributed by atoms with E-state index in [2.05, 4.69) is 10.1 Å². The molecule has 0 atom stereocenters. The van der Waals surface area contributed by atoms with Gasteiger partial charge in [0, 0.05) is 6.07 Å². The number of nitrogens with zero attached hydrogens (tertiary/aromatic N) is 3. The Morgan fingerprint density at radius 1 is 1.00 bits per heavy atom. The average molecular weight is 488 g/mol. The van der Waals surface area contributed by atoms with Crippen molar-refractivity contribution in [2.75, 3.05) is 12.4 Å². The summed E-state index contributed by atoms with van der Waals surface area (Å²) in [5.41, 5.74) is -0.561. The van der Waals surface area contributed by atoms with Gasteiger partial charge >= 0.3 is 11.7 Å². The summed E-state index contributed by atoms with van der Waals surface area (Å²) in [5, 5.41) is 34.1. The van der Waals surface area contributed by atoms with Gasteiger partial charge in [-0.1, -0.05) is 24.3 Å². The van der Waals surface area contributed by atoms with Crippen molar-refractivity contribution in [3.8, 4) is 17.6 Å². The van der Waals surface area contributed by atoms with Gasteiger partial charge in [-0.2, -0.15) is 5.26 Å². The quantitative estimate of drug-likeness (QED) is 0.156. The van der Waals surface area contributed by atoms with Crippen molar-refractivity contribution < 1.29 is 28.9 Å². The number of esters is 1. The Bertz CT molecular complexity index is 1420. The molecular weight excluding hydrogens is 472 g/mol. The lowest BCUT2D eigenvalue weighted by Gasteiger charge is -2.09. The highest BCUT2D eigenvalue weighted by Crippen LogP contribution is 2.34. The van der Waals surface area contributed by atoms with Crippen LogP contribution < -0.4 is 10.1 Å². The number of para-hydroxylation sites is 1. The van der Waals surface area contributed by atoms with Crippen molar-refractivity contribution >= 4 is 35.0 Å². The van der Waals surface area contributed by atoms with E-state index in [4.69, 9.17) is 4.74 Å². The molecule has 3 aromatic carbocycles. The van der Waals surface area contributed by atoms with Gasteiger partial charge in [-0.05, 0) is 42.0 Å². The number of nitrogens with one attached hydrogen (secondary N) is 1. The van der Waals surface area contributed by atoms with E-state index in [-0.39, 0.29) is 28.3 Å². The van der Waals surface area contributed by atoms with E-state index in [1.807, 2.05) is 0 Å². The van der Waals surface area contributed by atoms with Crippen LogP contribution in [0.1, 0.15) is 15.9 Å². The van der Waals surface area contributed by atoms with E-state index in [9.17, 15) is 35.1 Å². The van der Waals surface area contributed by atoms with Crippen LogP contribution in [0.3, 0.4) is 0 Å². The maximum Gasteiger partial charge on any atom is 0.339 e. The summed E-state index contributed by atoms with van der Waals surface area (Å²) in [6.07, 6.45) is 1.30. The molecule has 0 saturated carbocycles. The highest BCUT2D eigenvalue weighted by molar-refractivity contribution is 6.12. The number of ether oxygens (including phenoxy) is 2. The first-order chi connectivity index (χ1) is 17.2. The first-order valence-corrected chi connectivity index (χ1v) is 10.0. The molecule has 0 fully saturated rings. The molecule has 0 aliphatic heterocycles. The summed E-state index contributed by atoms with van der Waals surface area (Å²) in [5.74, 6) is -1.43. The van der Waals surface area contributed by atoms with Crippen LogP contribution in [0.5, 0.6) is 11.5 Å². The number of benzene rings is 3. The Hall–Kier alpha value is -5.57. The van der Waals surface area contributed by atoms with Gasteiger partial charge in [0.2, 0.25) is 5.75 Å². The zero-order valence-corrected chi connectivity index (χ0v) is 18.5. The van der Waals surface area contributed by atoms with Gasteiger partial charge < -0.3 is 14.8 Å². The third kappa shape index (κ3) is 5.86. The third-order valence-electron chi connectivity index (χ3n) is 4.71. The molecule has 3 aromatic rings. The number of hydrogen-bond donors (Lipinski definition) is 1. The lowest BCUT2D eigenvalue weighted by molar-refractivity contribution is -0.394. The molecule has 0 saturated heterocycles. The molecule has 12 nitrogen and oxygen atoms in total. The number of non-ortho nitro benzene ring substituents is 1. The number of methoxy groups -OCH3 is 1. The van der Waals surface area contributed by atoms with E-state index in [1.165, 1.54) is 49.6 Å². The molecule has 1 amide bonds. The van der Waals surface area contributed by atoms with Crippen molar-refractivity contribution in [2.24, 2.45) is 0 Å². The summed E-state index contributed by atoms with van der Waals surface area (Å²) in [7, 11) is 1.20. The number of nitriles is 1. The van der Waals surface area contributed by atoms with Crippen LogP contribution in [0.2, 0.25) is 0 Å². The predicted molar refractivity (Wildman–Crippen MR) is 126 cm³/mol. The van der Waals surface area contributed by atoms with Crippen LogP contribution in [-0.4, -0.2) is 28.8 Å². The van der Waals surface area contributed by atoms with Crippen molar-refractivity contribution in [2.45, 2.75) is 0 Å². The smallest absolute Gasteiger partial charge is 0.339 e. The van der Waals surface area contributed by atoms with Crippen LogP contribution >= 0.6 is 0 Å². The zero-order valence-electron chi connectivity index (χ0n) is 18.5. The highest BCUT2D eigenvalue weighted by Gasteiger charge is 2.21. The zero-order chi connectivity index (χ0) is 26.2. The number of rotatable bonds is 8. The van der Waals surface area contributed by atoms with Crippen molar-refractivity contribution in [1.82, 2.24) is 0 Å². The summed E-state index contributed by atoms with van der Waals surface area (Å²) in [6, 6.07) is 16.8. The second kappa shape index (κ2) is 11.0. The molecule has 0 aliphatic rings. The number of anilines is 1. The number of hydrogen-bond acceptors (Lipinski definition) is 9. The van der Waals surface area contributed by atoms with Crippen molar-refractivity contribution in [3.63, 3.8) is 0 Å². The number of carbonyl (C=O) groups excluding carboxylic acids is 2. The van der Waals surface area contributed by atoms with Crippen LogP contribution in [0, 0.1) is 31.6 Å². The Morgan fingerprint density at radius 2 is 1.69 bits per heavy atom. The summed E-state index contributed by atoms with van der Waals surface area (Å²) in [4.78, 5) is 45.1. The van der Waals surface area contributed by atoms with Crippen molar-refractivity contribution in [1.29, 1.82) is 5.26 Å². The van der Waals surface area contributed by atoms with E-state index in [0.29, 0.717) is 5.56 Å². The molecule has 0 radical (unpaired) electrons. The second-order valence-corrected chi connectivity index (χ2v) is 7.00. The minimum Gasteiger partial charge on any atom is -0.465 e. The molecule has 3 rings (SSSR count). The molecule has 180 valence electrons. The summed E-state index contributed by atoms with van der Waals surface area (Å²) in [6.45, 7) is 0.